The molecule has 1 aliphatic rings. The van der Waals surface area contributed by atoms with Crippen molar-refractivity contribution >= 4 is 19.6 Å². The Morgan fingerprint density at radius 1 is 1.14 bits per heavy atom. The van der Waals surface area contributed by atoms with Crippen LogP contribution in [0.4, 0.5) is 0 Å². The van der Waals surface area contributed by atoms with Gasteiger partial charge in [0.15, 0.2) is 0 Å². The summed E-state index contributed by atoms with van der Waals surface area (Å²) in [6.07, 6.45) is 7.73. The van der Waals surface area contributed by atoms with Gasteiger partial charge in [0.25, 0.3) is 0 Å². The molecule has 0 aromatic heterocycles. The first kappa shape index (κ1) is 9.47. The number of hydrogen-bond acceptors (Lipinski definition) is 0. The van der Waals surface area contributed by atoms with E-state index in [0.29, 0.717) is 0 Å². The molecule has 0 aliphatic heterocycles. The summed E-state index contributed by atoms with van der Waals surface area (Å²) in [6.45, 7) is 4.71. The zero-order valence-corrected chi connectivity index (χ0v) is 9.75. The van der Waals surface area contributed by atoms with Gasteiger partial charge in [-0.1, -0.05) is 60.8 Å². The number of hydrogen-bond donors (Lipinski definition) is 0. The van der Waals surface area contributed by atoms with Gasteiger partial charge in [-0.05, 0) is 17.6 Å². The molecular weight excluding hydrogens is 184 g/mol. The van der Waals surface area contributed by atoms with E-state index in [1.165, 1.54) is 11.1 Å². The molecular formula is C13H15Si. The quantitative estimate of drug-likeness (QED) is 0.642. The lowest BCUT2D eigenvalue weighted by atomic mass is 10.1. The summed E-state index contributed by atoms with van der Waals surface area (Å²) >= 11 is 0. The third kappa shape index (κ3) is 1.73. The maximum atomic E-state index is 2.35. The average Bonchev–Trinajstić information content (AvgIpc) is 2.70. The largest absolute Gasteiger partial charge is 0.0801 e. The smallest absolute Gasteiger partial charge is 0.0799 e. The Hall–Kier alpha value is -1.08. The summed E-state index contributed by atoms with van der Waals surface area (Å²) in [5.74, 6) is 0. The van der Waals surface area contributed by atoms with Crippen LogP contribution < -0.4 is 5.19 Å². The second kappa shape index (κ2) is 3.97. The van der Waals surface area contributed by atoms with Crippen molar-refractivity contribution in [3.8, 4) is 0 Å². The summed E-state index contributed by atoms with van der Waals surface area (Å²) in [7, 11) is -0.347. The van der Waals surface area contributed by atoms with Crippen molar-refractivity contribution in [1.82, 2.24) is 0 Å². The Kier molecular flexibility index (Phi) is 2.68. The van der Waals surface area contributed by atoms with E-state index in [9.17, 15) is 0 Å². The highest BCUT2D eigenvalue weighted by molar-refractivity contribution is 6.71. The lowest BCUT2D eigenvalue weighted by Gasteiger charge is -2.12. The van der Waals surface area contributed by atoms with E-state index in [-0.39, 0.29) is 8.80 Å². The van der Waals surface area contributed by atoms with Gasteiger partial charge >= 0.3 is 0 Å². The third-order valence-electron chi connectivity index (χ3n) is 2.58. The second-order valence-electron chi connectivity index (χ2n) is 3.87. The molecule has 0 spiro atoms. The van der Waals surface area contributed by atoms with E-state index < -0.39 is 0 Å². The standard InChI is InChI=1S/C13H15Si/c1-14(2)13-10-6-5-9-12(13)11-7-3-4-8-11/h3-7,9-10H,8H2,1-2H3. The van der Waals surface area contributed by atoms with Crippen molar-refractivity contribution in [2.75, 3.05) is 0 Å². The molecule has 0 bridgehead atoms. The molecule has 1 radical (unpaired) electrons. The molecule has 0 N–H and O–H groups in total. The van der Waals surface area contributed by atoms with Gasteiger partial charge in [0.1, 0.15) is 0 Å². The number of allylic oxidation sites excluding steroid dienone is 4. The Morgan fingerprint density at radius 3 is 2.57 bits per heavy atom. The van der Waals surface area contributed by atoms with E-state index in [2.05, 4.69) is 55.6 Å². The van der Waals surface area contributed by atoms with Crippen LogP contribution >= 0.6 is 0 Å². The van der Waals surface area contributed by atoms with Gasteiger partial charge in [0, 0.05) is 0 Å². The van der Waals surface area contributed by atoms with Crippen molar-refractivity contribution in [1.29, 1.82) is 0 Å². The Morgan fingerprint density at radius 2 is 1.93 bits per heavy atom. The molecule has 1 heteroatoms. The monoisotopic (exact) mass is 199 g/mol. The van der Waals surface area contributed by atoms with Gasteiger partial charge in [0.2, 0.25) is 0 Å². The maximum absolute atomic E-state index is 2.35. The molecule has 0 amide bonds. The highest BCUT2D eigenvalue weighted by atomic mass is 28.3. The van der Waals surface area contributed by atoms with Crippen molar-refractivity contribution in [3.05, 3.63) is 48.1 Å². The average molecular weight is 199 g/mol. The second-order valence-corrected chi connectivity index (χ2v) is 6.41. The van der Waals surface area contributed by atoms with Crippen LogP contribution in [0.2, 0.25) is 13.1 Å². The van der Waals surface area contributed by atoms with Crippen LogP contribution in [0.5, 0.6) is 0 Å². The highest BCUT2D eigenvalue weighted by Gasteiger charge is 2.10. The van der Waals surface area contributed by atoms with Crippen LogP contribution in [-0.2, 0) is 0 Å². The fourth-order valence-electron chi connectivity index (χ4n) is 1.85. The van der Waals surface area contributed by atoms with Crippen molar-refractivity contribution in [2.45, 2.75) is 19.5 Å². The van der Waals surface area contributed by atoms with Crippen LogP contribution in [0.3, 0.4) is 0 Å². The summed E-state index contributed by atoms with van der Waals surface area (Å²) in [5.41, 5.74) is 2.95. The van der Waals surface area contributed by atoms with Crippen LogP contribution in [0.25, 0.3) is 5.57 Å². The summed E-state index contributed by atoms with van der Waals surface area (Å²) in [4.78, 5) is 0. The van der Waals surface area contributed by atoms with E-state index >= 15 is 0 Å². The minimum Gasteiger partial charge on any atom is -0.0801 e. The first-order valence-electron chi connectivity index (χ1n) is 5.04. The molecule has 0 nitrogen and oxygen atoms in total. The Bertz CT molecular complexity index is 386. The normalized spacial score (nSPS) is 14.9. The summed E-state index contributed by atoms with van der Waals surface area (Å²) in [5, 5.41) is 1.56. The Labute approximate surface area is 87.6 Å². The third-order valence-corrected chi connectivity index (χ3v) is 4.10. The minimum atomic E-state index is -0.347. The fourth-order valence-corrected chi connectivity index (χ4v) is 3.06. The molecule has 0 heterocycles. The molecule has 1 aromatic carbocycles. The molecule has 0 fully saturated rings. The molecule has 1 aliphatic carbocycles. The zero-order valence-electron chi connectivity index (χ0n) is 8.75. The predicted molar refractivity (Wildman–Crippen MR) is 65.3 cm³/mol. The van der Waals surface area contributed by atoms with E-state index in [1.807, 2.05) is 0 Å². The SMILES string of the molecule is C[Si](C)c1ccccc1C1=CC=CC1. The van der Waals surface area contributed by atoms with Crippen molar-refractivity contribution in [2.24, 2.45) is 0 Å². The van der Waals surface area contributed by atoms with Gasteiger partial charge in [-0.25, -0.2) is 0 Å². The fraction of sp³-hybridized carbons (Fsp3) is 0.231. The zero-order chi connectivity index (χ0) is 9.97. The first-order chi connectivity index (χ1) is 6.79. The van der Waals surface area contributed by atoms with Gasteiger partial charge in [-0.3, -0.25) is 0 Å². The molecule has 0 saturated heterocycles. The Balaban J connectivity index is 2.42. The molecule has 0 saturated carbocycles. The van der Waals surface area contributed by atoms with Crippen molar-refractivity contribution in [3.63, 3.8) is 0 Å². The van der Waals surface area contributed by atoms with Gasteiger partial charge in [-0.2, -0.15) is 0 Å². The molecule has 1 aromatic rings. The number of rotatable bonds is 2. The lowest BCUT2D eigenvalue weighted by molar-refractivity contribution is 1.44. The van der Waals surface area contributed by atoms with Crippen LogP contribution in [0.1, 0.15) is 12.0 Å². The molecule has 2 rings (SSSR count). The topological polar surface area (TPSA) is 0 Å². The highest BCUT2D eigenvalue weighted by Crippen LogP contribution is 2.21. The van der Waals surface area contributed by atoms with Crippen LogP contribution in [0.15, 0.2) is 42.5 Å². The summed E-state index contributed by atoms with van der Waals surface area (Å²) < 4.78 is 0. The minimum absolute atomic E-state index is 0.347. The van der Waals surface area contributed by atoms with Gasteiger partial charge in [-0.15, -0.1) is 0 Å². The van der Waals surface area contributed by atoms with Gasteiger partial charge < -0.3 is 0 Å². The van der Waals surface area contributed by atoms with E-state index in [1.54, 1.807) is 5.19 Å². The first-order valence-corrected chi connectivity index (χ1v) is 7.54. The van der Waals surface area contributed by atoms with E-state index in [0.717, 1.165) is 6.42 Å². The van der Waals surface area contributed by atoms with Crippen LogP contribution in [-0.4, -0.2) is 8.80 Å². The molecule has 71 valence electrons. The molecule has 0 atom stereocenters. The molecule has 0 unspecified atom stereocenters. The predicted octanol–water partition coefficient (Wildman–Crippen LogP) is 2.99. The summed E-state index contributed by atoms with van der Waals surface area (Å²) in [6, 6.07) is 8.83. The maximum Gasteiger partial charge on any atom is 0.0799 e. The number of benzene rings is 1. The lowest BCUT2D eigenvalue weighted by Crippen LogP contribution is -2.26. The van der Waals surface area contributed by atoms with Crippen LogP contribution in [0, 0.1) is 0 Å². The molecule has 14 heavy (non-hydrogen) atoms. The van der Waals surface area contributed by atoms with E-state index in [4.69, 9.17) is 0 Å². The van der Waals surface area contributed by atoms with Crippen molar-refractivity contribution < 1.29 is 0 Å². The van der Waals surface area contributed by atoms with Gasteiger partial charge in [0.05, 0.1) is 8.80 Å².